The van der Waals surface area contributed by atoms with Gasteiger partial charge in [0.05, 0.1) is 11.8 Å². The monoisotopic (exact) mass is 366 g/mol. The van der Waals surface area contributed by atoms with Crippen molar-refractivity contribution in [1.29, 1.82) is 0 Å². The van der Waals surface area contributed by atoms with Crippen molar-refractivity contribution in [1.82, 2.24) is 19.9 Å². The molecule has 0 atom stereocenters. The number of oxazole rings is 1. The lowest BCUT2D eigenvalue weighted by molar-refractivity contribution is 0.441. The van der Waals surface area contributed by atoms with Gasteiger partial charge in [-0.15, -0.1) is 0 Å². The summed E-state index contributed by atoms with van der Waals surface area (Å²) in [6.07, 6.45) is 4.70. The number of hydrogen-bond acceptors (Lipinski definition) is 6. The largest absolute Gasteiger partial charge is 0.441 e. The van der Waals surface area contributed by atoms with Gasteiger partial charge in [-0.2, -0.15) is 4.98 Å². The highest BCUT2D eigenvalue weighted by Crippen LogP contribution is 2.32. The summed E-state index contributed by atoms with van der Waals surface area (Å²) in [5.74, 6) is 1.65. The zero-order chi connectivity index (χ0) is 14.8. The summed E-state index contributed by atoms with van der Waals surface area (Å²) in [7, 11) is 0. The molecule has 3 aromatic heterocycles. The third-order valence-corrected chi connectivity index (χ3v) is 3.18. The number of halogens is 2. The van der Waals surface area contributed by atoms with Crippen molar-refractivity contribution >= 4 is 27.5 Å². The fraction of sp³-hybridized carbons (Fsp3) is 0.0769. The quantitative estimate of drug-likeness (QED) is 0.650. The number of nitrogens with zero attached hydrogens (tertiary/aromatic N) is 4. The van der Waals surface area contributed by atoms with Crippen LogP contribution in [-0.2, 0) is 0 Å². The van der Waals surface area contributed by atoms with E-state index in [1.165, 1.54) is 6.20 Å². The van der Waals surface area contributed by atoms with E-state index < -0.39 is 0 Å². The maximum atomic E-state index is 5.83. The highest BCUT2D eigenvalue weighted by molar-refractivity contribution is 9.10. The van der Waals surface area contributed by atoms with Gasteiger partial charge in [0.15, 0.2) is 11.7 Å². The Morgan fingerprint density at radius 1 is 1.24 bits per heavy atom. The zero-order valence-electron chi connectivity index (χ0n) is 10.7. The maximum absolute atomic E-state index is 5.83. The number of pyridine rings is 1. The molecule has 0 aliphatic rings. The van der Waals surface area contributed by atoms with Crippen molar-refractivity contribution in [3.63, 3.8) is 0 Å². The second-order valence-electron chi connectivity index (χ2n) is 4.02. The Hall–Kier alpha value is -1.99. The minimum absolute atomic E-state index is 0.0694. The molecular formula is C13H8BrClN4O2. The Balaban J connectivity index is 2.02. The molecule has 0 amide bonds. The van der Waals surface area contributed by atoms with E-state index in [-0.39, 0.29) is 11.2 Å². The van der Waals surface area contributed by atoms with Crippen molar-refractivity contribution < 1.29 is 9.15 Å². The molecule has 0 unspecified atom stereocenters. The van der Waals surface area contributed by atoms with Crippen molar-refractivity contribution in [2.24, 2.45) is 0 Å². The van der Waals surface area contributed by atoms with Crippen LogP contribution in [0.3, 0.4) is 0 Å². The lowest BCUT2D eigenvalue weighted by atomic mass is 10.3. The number of ether oxygens (including phenoxy) is 1. The highest BCUT2D eigenvalue weighted by Gasteiger charge is 2.15. The molecule has 3 rings (SSSR count). The summed E-state index contributed by atoms with van der Waals surface area (Å²) in [5.41, 5.74) is 0.543. The molecule has 0 aliphatic carbocycles. The van der Waals surface area contributed by atoms with E-state index in [0.717, 1.165) is 4.47 Å². The molecule has 8 heteroatoms. The molecule has 0 fully saturated rings. The van der Waals surface area contributed by atoms with Gasteiger partial charge in [-0.3, -0.25) is 0 Å². The number of aryl methyl sites for hydroxylation is 1. The fourth-order valence-electron chi connectivity index (χ4n) is 1.62. The van der Waals surface area contributed by atoms with Gasteiger partial charge < -0.3 is 9.15 Å². The van der Waals surface area contributed by atoms with Crippen molar-refractivity contribution in [3.8, 4) is 23.1 Å². The SMILES string of the molecule is Cc1ncc(-c2cnc(Cl)nc2Oc2cc(Br)ccn2)o1. The standard InChI is InChI=1S/C13H8BrClN4O2/c1-7-17-6-10(20-7)9-5-18-13(15)19-12(9)21-11-4-8(14)2-3-16-11/h2-6H,1H3. The lowest BCUT2D eigenvalue weighted by Gasteiger charge is -2.07. The summed E-state index contributed by atoms with van der Waals surface area (Å²) in [6.45, 7) is 1.75. The van der Waals surface area contributed by atoms with E-state index >= 15 is 0 Å². The van der Waals surface area contributed by atoms with E-state index in [9.17, 15) is 0 Å². The van der Waals surface area contributed by atoms with Crippen molar-refractivity contribution in [3.05, 3.63) is 46.4 Å². The van der Waals surface area contributed by atoms with Crippen LogP contribution in [-0.4, -0.2) is 19.9 Å². The molecular weight excluding hydrogens is 360 g/mol. The minimum atomic E-state index is 0.0694. The highest BCUT2D eigenvalue weighted by atomic mass is 79.9. The third kappa shape index (κ3) is 3.20. The van der Waals surface area contributed by atoms with Crippen LogP contribution >= 0.6 is 27.5 Å². The molecule has 0 spiro atoms. The first-order valence-electron chi connectivity index (χ1n) is 5.86. The molecule has 21 heavy (non-hydrogen) atoms. The maximum Gasteiger partial charge on any atom is 0.236 e. The molecule has 106 valence electrons. The van der Waals surface area contributed by atoms with Gasteiger partial charge in [-0.1, -0.05) is 15.9 Å². The van der Waals surface area contributed by atoms with Crippen molar-refractivity contribution in [2.45, 2.75) is 6.92 Å². The van der Waals surface area contributed by atoms with Gasteiger partial charge in [-0.25, -0.2) is 15.0 Å². The fourth-order valence-corrected chi connectivity index (χ4v) is 2.06. The van der Waals surface area contributed by atoms with E-state index in [1.54, 1.807) is 31.5 Å². The predicted octanol–water partition coefficient (Wildman–Crippen LogP) is 4.04. The number of hydrogen-bond donors (Lipinski definition) is 0. The first-order chi connectivity index (χ1) is 10.1. The number of rotatable bonds is 3. The lowest BCUT2D eigenvalue weighted by Crippen LogP contribution is -1.95. The van der Waals surface area contributed by atoms with Crippen LogP contribution in [0.4, 0.5) is 0 Å². The Morgan fingerprint density at radius 2 is 2.10 bits per heavy atom. The third-order valence-electron chi connectivity index (χ3n) is 2.51. The summed E-state index contributed by atoms with van der Waals surface area (Å²) in [6, 6.07) is 3.51. The summed E-state index contributed by atoms with van der Waals surface area (Å²) in [4.78, 5) is 16.2. The topological polar surface area (TPSA) is 73.9 Å². The van der Waals surface area contributed by atoms with E-state index in [2.05, 4.69) is 35.9 Å². The molecule has 0 bridgehead atoms. The first-order valence-corrected chi connectivity index (χ1v) is 7.03. The van der Waals surface area contributed by atoms with E-state index in [4.69, 9.17) is 20.8 Å². The van der Waals surface area contributed by atoms with Crippen LogP contribution < -0.4 is 4.74 Å². The van der Waals surface area contributed by atoms with Crippen LogP contribution in [0.25, 0.3) is 11.3 Å². The first kappa shape index (κ1) is 14.0. The normalized spacial score (nSPS) is 10.6. The second-order valence-corrected chi connectivity index (χ2v) is 5.27. The van der Waals surface area contributed by atoms with E-state index in [1.807, 2.05) is 0 Å². The molecule has 0 aliphatic heterocycles. The molecule has 0 radical (unpaired) electrons. The van der Waals surface area contributed by atoms with Gasteiger partial charge in [0.25, 0.3) is 0 Å². The van der Waals surface area contributed by atoms with Gasteiger partial charge >= 0.3 is 0 Å². The summed E-state index contributed by atoms with van der Waals surface area (Å²) >= 11 is 9.18. The molecule has 0 saturated carbocycles. The van der Waals surface area contributed by atoms with Gasteiger partial charge in [0.1, 0.15) is 0 Å². The molecule has 0 saturated heterocycles. The van der Waals surface area contributed by atoms with E-state index in [0.29, 0.717) is 23.1 Å². The molecule has 0 N–H and O–H groups in total. The van der Waals surface area contributed by atoms with Crippen LogP contribution in [0.15, 0.2) is 39.6 Å². The predicted molar refractivity (Wildman–Crippen MR) is 79.3 cm³/mol. The van der Waals surface area contributed by atoms with Crippen LogP contribution in [0, 0.1) is 6.92 Å². The molecule has 0 aromatic carbocycles. The Kier molecular flexibility index (Phi) is 3.85. The molecule has 6 nitrogen and oxygen atoms in total. The van der Waals surface area contributed by atoms with Crippen LogP contribution in [0.2, 0.25) is 5.28 Å². The van der Waals surface area contributed by atoms with Crippen LogP contribution in [0.5, 0.6) is 11.8 Å². The Morgan fingerprint density at radius 3 is 2.81 bits per heavy atom. The summed E-state index contributed by atoms with van der Waals surface area (Å²) in [5, 5.41) is 0.0694. The molecule has 3 aromatic rings. The Bertz CT molecular complexity index is 793. The van der Waals surface area contributed by atoms with Gasteiger partial charge in [0.2, 0.25) is 17.0 Å². The average Bonchev–Trinajstić information content (AvgIpc) is 2.85. The zero-order valence-corrected chi connectivity index (χ0v) is 13.1. The van der Waals surface area contributed by atoms with Crippen LogP contribution in [0.1, 0.15) is 5.89 Å². The second kappa shape index (κ2) is 5.79. The Labute approximate surface area is 133 Å². The number of aromatic nitrogens is 4. The summed E-state index contributed by atoms with van der Waals surface area (Å²) < 4.78 is 12.0. The van der Waals surface area contributed by atoms with Gasteiger partial charge in [0, 0.05) is 29.9 Å². The van der Waals surface area contributed by atoms with Crippen molar-refractivity contribution in [2.75, 3.05) is 0 Å². The van der Waals surface area contributed by atoms with Gasteiger partial charge in [-0.05, 0) is 17.7 Å². The molecule has 3 heterocycles. The smallest absolute Gasteiger partial charge is 0.236 e. The average molecular weight is 368 g/mol. The minimum Gasteiger partial charge on any atom is -0.441 e.